The maximum atomic E-state index is 14.1. The number of pyridine rings is 1. The van der Waals surface area contributed by atoms with Gasteiger partial charge in [-0.1, -0.05) is 0 Å². The van der Waals surface area contributed by atoms with Gasteiger partial charge in [-0.2, -0.15) is 10.2 Å². The highest BCUT2D eigenvalue weighted by atomic mass is 19.3. The first-order valence-electron chi connectivity index (χ1n) is 15.5. The molecule has 0 radical (unpaired) electrons. The van der Waals surface area contributed by atoms with Crippen LogP contribution in [-0.4, -0.2) is 98.0 Å². The molecule has 4 aromatic heterocycles. The summed E-state index contributed by atoms with van der Waals surface area (Å²) >= 11 is 0. The Morgan fingerprint density at radius 3 is 2.66 bits per heavy atom. The van der Waals surface area contributed by atoms with E-state index in [4.69, 9.17) is 4.74 Å². The number of carbonyl (C=O) groups excluding carboxylic acids is 3. The Morgan fingerprint density at radius 2 is 1.89 bits per heavy atom. The van der Waals surface area contributed by atoms with Crippen molar-refractivity contribution in [2.45, 2.75) is 38.3 Å². The van der Waals surface area contributed by atoms with Crippen molar-refractivity contribution in [3.05, 3.63) is 59.8 Å². The van der Waals surface area contributed by atoms with Gasteiger partial charge in [0, 0.05) is 64.3 Å². The van der Waals surface area contributed by atoms with Gasteiger partial charge < -0.3 is 15.0 Å². The number of ether oxygens (including phenoxy) is 1. The summed E-state index contributed by atoms with van der Waals surface area (Å²) in [6.07, 6.45) is 4.84. The second-order valence-electron chi connectivity index (χ2n) is 11.7. The molecule has 0 saturated carbocycles. The molecule has 3 aliphatic heterocycles. The lowest BCUT2D eigenvalue weighted by Crippen LogP contribution is -2.49. The molecule has 0 atom stereocenters. The third kappa shape index (κ3) is 6.48. The molecule has 7 rings (SSSR count). The normalized spacial score (nSPS) is 18.3. The van der Waals surface area contributed by atoms with Gasteiger partial charge in [-0.05, 0) is 36.6 Å². The van der Waals surface area contributed by atoms with Crippen molar-refractivity contribution in [3.8, 4) is 0 Å². The number of likely N-dealkylation sites (tertiary alicyclic amines) is 1. The molecular formula is C30H33F2N11O4. The number of alkyl halides is 2. The van der Waals surface area contributed by atoms with E-state index in [1.165, 1.54) is 26.5 Å². The molecule has 0 aliphatic carbocycles. The predicted octanol–water partition coefficient (Wildman–Crippen LogP) is 2.63. The summed E-state index contributed by atoms with van der Waals surface area (Å²) in [5.74, 6) is 0.248. The first-order chi connectivity index (χ1) is 22.8. The number of nitrogens with one attached hydrogen (secondary N) is 2. The highest BCUT2D eigenvalue weighted by Crippen LogP contribution is 2.31. The van der Waals surface area contributed by atoms with Crippen LogP contribution in [0.25, 0.3) is 5.65 Å². The van der Waals surface area contributed by atoms with E-state index in [-0.39, 0.29) is 36.2 Å². The summed E-state index contributed by atoms with van der Waals surface area (Å²) in [6, 6.07) is 4.90. The van der Waals surface area contributed by atoms with Crippen LogP contribution in [0.2, 0.25) is 0 Å². The zero-order chi connectivity index (χ0) is 32.5. The third-order valence-corrected chi connectivity index (χ3v) is 8.63. The highest BCUT2D eigenvalue weighted by molar-refractivity contribution is 6.08. The fraction of sp³-hybridized carbons (Fsp3) is 0.433. The monoisotopic (exact) mass is 649 g/mol. The molecule has 4 aromatic rings. The van der Waals surface area contributed by atoms with Gasteiger partial charge in [0.2, 0.25) is 5.91 Å². The van der Waals surface area contributed by atoms with Crippen molar-refractivity contribution in [2.75, 3.05) is 61.1 Å². The number of hydrogen-bond donors (Lipinski definition) is 2. The van der Waals surface area contributed by atoms with E-state index in [9.17, 15) is 23.2 Å². The van der Waals surface area contributed by atoms with Gasteiger partial charge in [0.25, 0.3) is 12.3 Å². The summed E-state index contributed by atoms with van der Waals surface area (Å²) in [4.78, 5) is 51.7. The van der Waals surface area contributed by atoms with Gasteiger partial charge >= 0.3 is 6.03 Å². The maximum absolute atomic E-state index is 14.1. The molecule has 7 heterocycles. The molecule has 0 spiro atoms. The standard InChI is InChI=1S/C30H33F2N11O4/c31-27(32)26-22(35-29(45)21-16-34-42-10-4-23(36-28(21)42)40-11-13-47-14-12-40)18-43(38-26)20-2-7-39(8-3-20)17-19-1-6-33-24(15-19)41-9-5-25(44)37-30(41)46/h1,4,6,10,15-16,18,20,27H,2-3,5,7-9,11-14,17H2,(H,35,45)(H,37,44,46). The van der Waals surface area contributed by atoms with Crippen LogP contribution in [0.3, 0.4) is 0 Å². The predicted molar refractivity (Wildman–Crippen MR) is 164 cm³/mol. The van der Waals surface area contributed by atoms with Gasteiger partial charge in [-0.25, -0.2) is 28.1 Å². The molecule has 17 heteroatoms. The Bertz CT molecular complexity index is 1800. The maximum Gasteiger partial charge on any atom is 0.329 e. The number of nitrogens with zero attached hydrogens (tertiary/aromatic N) is 9. The Labute approximate surface area is 267 Å². The van der Waals surface area contributed by atoms with Crippen molar-refractivity contribution in [1.82, 2.24) is 39.6 Å². The van der Waals surface area contributed by atoms with Crippen molar-refractivity contribution in [1.29, 1.82) is 0 Å². The second-order valence-corrected chi connectivity index (χ2v) is 11.7. The smallest absolute Gasteiger partial charge is 0.329 e. The zero-order valence-electron chi connectivity index (χ0n) is 25.4. The Hall–Kier alpha value is -5.03. The van der Waals surface area contributed by atoms with Crippen LogP contribution in [-0.2, 0) is 16.1 Å². The van der Waals surface area contributed by atoms with E-state index >= 15 is 0 Å². The Kier molecular flexibility index (Phi) is 8.46. The first-order valence-corrected chi connectivity index (χ1v) is 15.5. The van der Waals surface area contributed by atoms with Gasteiger partial charge in [-0.15, -0.1) is 0 Å². The zero-order valence-corrected chi connectivity index (χ0v) is 25.4. The number of halogens is 2. The van der Waals surface area contributed by atoms with Crippen LogP contribution in [0.5, 0.6) is 0 Å². The molecule has 246 valence electrons. The fourth-order valence-electron chi connectivity index (χ4n) is 6.12. The number of urea groups is 1. The molecule has 0 unspecified atom stereocenters. The van der Waals surface area contributed by atoms with Crippen molar-refractivity contribution in [3.63, 3.8) is 0 Å². The Balaban J connectivity index is 1.00. The van der Waals surface area contributed by atoms with Gasteiger partial charge in [0.1, 0.15) is 17.2 Å². The summed E-state index contributed by atoms with van der Waals surface area (Å²) in [6.45, 7) is 4.75. The van der Waals surface area contributed by atoms with Crippen LogP contribution >= 0.6 is 0 Å². The van der Waals surface area contributed by atoms with E-state index in [0.717, 1.165) is 5.56 Å². The van der Waals surface area contributed by atoms with Crippen molar-refractivity contribution < 1.29 is 27.9 Å². The summed E-state index contributed by atoms with van der Waals surface area (Å²) in [5.41, 5.74) is 0.896. The lowest BCUT2D eigenvalue weighted by atomic mass is 10.0. The summed E-state index contributed by atoms with van der Waals surface area (Å²) in [7, 11) is 0. The molecule has 3 saturated heterocycles. The molecule has 2 N–H and O–H groups in total. The third-order valence-electron chi connectivity index (χ3n) is 8.63. The molecule has 47 heavy (non-hydrogen) atoms. The molecule has 0 bridgehead atoms. The van der Waals surface area contributed by atoms with Crippen molar-refractivity contribution in [2.24, 2.45) is 0 Å². The molecule has 0 aromatic carbocycles. The summed E-state index contributed by atoms with van der Waals surface area (Å²) in [5, 5.41) is 13.3. The molecule has 3 fully saturated rings. The molecule has 4 amide bonds. The van der Waals surface area contributed by atoms with Gasteiger partial charge in [0.15, 0.2) is 11.3 Å². The number of hydrogen-bond acceptors (Lipinski definition) is 10. The number of piperidine rings is 1. The van der Waals surface area contributed by atoms with Crippen LogP contribution in [0.1, 0.15) is 53.3 Å². The number of morpholine rings is 1. The van der Waals surface area contributed by atoms with E-state index in [1.54, 1.807) is 12.4 Å². The largest absolute Gasteiger partial charge is 0.378 e. The Morgan fingerprint density at radius 1 is 1.09 bits per heavy atom. The van der Waals surface area contributed by atoms with E-state index in [0.29, 0.717) is 76.1 Å². The van der Waals surface area contributed by atoms with Gasteiger partial charge in [0.05, 0.1) is 31.1 Å². The average Bonchev–Trinajstić information content (AvgIpc) is 3.70. The average molecular weight is 650 g/mol. The number of amides is 4. The topological polar surface area (TPSA) is 155 Å². The van der Waals surface area contributed by atoms with Crippen LogP contribution in [0.15, 0.2) is 43.0 Å². The minimum absolute atomic E-state index is 0.0520. The van der Waals surface area contributed by atoms with E-state index in [1.807, 2.05) is 18.2 Å². The number of imide groups is 1. The van der Waals surface area contributed by atoms with Gasteiger partial charge in [-0.3, -0.25) is 29.4 Å². The minimum atomic E-state index is -2.89. The minimum Gasteiger partial charge on any atom is -0.378 e. The summed E-state index contributed by atoms with van der Waals surface area (Å²) < 4.78 is 36.6. The number of anilines is 3. The van der Waals surface area contributed by atoms with E-state index < -0.39 is 24.1 Å². The van der Waals surface area contributed by atoms with Crippen LogP contribution in [0, 0.1) is 0 Å². The number of rotatable bonds is 8. The molecular weight excluding hydrogens is 616 g/mol. The number of aromatic nitrogens is 6. The SMILES string of the molecule is O=C1CCN(c2cc(CN3CCC(n4cc(NC(=O)c5cnn6ccc(N7CCOCC7)nc56)c(C(F)F)n4)CC3)ccn2)C(=O)N1. The van der Waals surface area contributed by atoms with Crippen molar-refractivity contribution >= 4 is 40.8 Å². The fourth-order valence-corrected chi connectivity index (χ4v) is 6.12. The van der Waals surface area contributed by atoms with E-state index in [2.05, 4.69) is 40.6 Å². The highest BCUT2D eigenvalue weighted by Gasteiger charge is 2.28. The lowest BCUT2D eigenvalue weighted by molar-refractivity contribution is -0.120. The quantitative estimate of drug-likeness (QED) is 0.291. The number of fused-ring (bicyclic) bond motifs is 1. The lowest BCUT2D eigenvalue weighted by Gasteiger charge is -2.32. The first kappa shape index (κ1) is 30.6. The van der Waals surface area contributed by atoms with Crippen LogP contribution < -0.4 is 20.4 Å². The molecule has 3 aliphatic rings. The molecule has 15 nitrogen and oxygen atoms in total. The van der Waals surface area contributed by atoms with Crippen LogP contribution in [0.4, 0.5) is 30.9 Å². The number of carbonyl (C=O) groups is 3. The second kappa shape index (κ2) is 13.0.